The Morgan fingerprint density at radius 1 is 1.57 bits per heavy atom. The number of aromatic nitrogens is 2. The molecule has 10 heteroatoms. The van der Waals surface area contributed by atoms with Gasteiger partial charge in [-0.25, -0.2) is 5.43 Å². The van der Waals surface area contributed by atoms with Crippen LogP contribution in [0.1, 0.15) is 21.7 Å². The van der Waals surface area contributed by atoms with E-state index < -0.39 is 10.8 Å². The monoisotopic (exact) mass is 291 g/mol. The lowest BCUT2D eigenvalue weighted by molar-refractivity contribution is -0.806. The molecule has 0 radical (unpaired) electrons. The minimum absolute atomic E-state index is 0.00181. The van der Waals surface area contributed by atoms with E-state index in [1.165, 1.54) is 31.3 Å². The Morgan fingerprint density at radius 2 is 2.33 bits per heavy atom. The summed E-state index contributed by atoms with van der Waals surface area (Å²) in [5.41, 5.74) is 2.28. The van der Waals surface area contributed by atoms with Gasteiger partial charge in [-0.05, 0) is 4.90 Å². The second kappa shape index (κ2) is 5.77. The summed E-state index contributed by atoms with van der Waals surface area (Å²) < 4.78 is 4.25. The van der Waals surface area contributed by atoms with Gasteiger partial charge in [0, 0.05) is 24.6 Å². The molecule has 0 spiro atoms. The molecule has 0 unspecified atom stereocenters. The lowest BCUT2D eigenvalue weighted by Crippen LogP contribution is -2.28. The van der Waals surface area contributed by atoms with Crippen LogP contribution in [0.4, 0.5) is 5.69 Å². The number of rotatable bonds is 4. The van der Waals surface area contributed by atoms with Gasteiger partial charge in [0.2, 0.25) is 5.69 Å². The van der Waals surface area contributed by atoms with Crippen LogP contribution in [0.15, 0.2) is 34.0 Å². The summed E-state index contributed by atoms with van der Waals surface area (Å²) in [7, 11) is 0. The highest BCUT2D eigenvalue weighted by Gasteiger charge is 2.22. The number of hydrazone groups is 1. The summed E-state index contributed by atoms with van der Waals surface area (Å²) in [5, 5.41) is 28.5. The Morgan fingerprint density at radius 3 is 2.95 bits per heavy atom. The summed E-state index contributed by atoms with van der Waals surface area (Å²) in [6.07, 6.45) is 1.23. The summed E-state index contributed by atoms with van der Waals surface area (Å²) in [6.45, 7) is 1.36. The average molecular weight is 291 g/mol. The number of non-ortho nitro benzene ring substituents is 1. The molecule has 0 atom stereocenters. The highest BCUT2D eigenvalue weighted by atomic mass is 16.8. The molecule has 0 saturated carbocycles. The molecule has 1 aromatic carbocycles. The van der Waals surface area contributed by atoms with E-state index in [1.807, 2.05) is 0 Å². The van der Waals surface area contributed by atoms with Gasteiger partial charge >= 0.3 is 11.6 Å². The quantitative estimate of drug-likeness (QED) is 0.372. The number of nitro benzene ring substituents is 1. The van der Waals surface area contributed by atoms with E-state index >= 15 is 0 Å². The lowest BCUT2D eigenvalue weighted by atomic mass is 10.2. The molecule has 0 aliphatic carbocycles. The zero-order valence-electron chi connectivity index (χ0n) is 10.7. The van der Waals surface area contributed by atoms with Crippen molar-refractivity contribution in [2.45, 2.75) is 6.92 Å². The lowest BCUT2D eigenvalue weighted by Gasteiger charge is -1.95. The van der Waals surface area contributed by atoms with Gasteiger partial charge in [0.25, 0.3) is 5.69 Å². The highest BCUT2D eigenvalue weighted by molar-refractivity contribution is 5.93. The smallest absolute Gasteiger partial charge is 0.322 e. The van der Waals surface area contributed by atoms with Crippen molar-refractivity contribution in [3.8, 4) is 0 Å². The predicted octanol–water partition coefficient (Wildman–Crippen LogP) is 0.289. The molecule has 2 aromatic rings. The van der Waals surface area contributed by atoms with Crippen molar-refractivity contribution < 1.29 is 19.2 Å². The first-order valence-corrected chi connectivity index (χ1v) is 5.63. The second-order valence-electron chi connectivity index (χ2n) is 3.92. The summed E-state index contributed by atoms with van der Waals surface area (Å²) in [5.74, 6) is -0.729. The summed E-state index contributed by atoms with van der Waals surface area (Å²) in [6, 6.07) is 5.70. The molecule has 21 heavy (non-hydrogen) atoms. The molecule has 2 rings (SSSR count). The van der Waals surface area contributed by atoms with Gasteiger partial charge in [-0.2, -0.15) is 5.10 Å². The SMILES string of the molecule is Cc1c(C(=O)NN=Cc2cccc([N+](=O)[O-])c2)no[n+]1[O-]. The molecule has 0 aliphatic heterocycles. The van der Waals surface area contributed by atoms with Crippen molar-refractivity contribution in [2.75, 3.05) is 0 Å². The fourth-order valence-corrected chi connectivity index (χ4v) is 1.43. The van der Waals surface area contributed by atoms with E-state index in [-0.39, 0.29) is 22.0 Å². The molecule has 1 amide bonds. The van der Waals surface area contributed by atoms with Crippen LogP contribution in [0, 0.1) is 22.2 Å². The molecule has 0 saturated heterocycles. The van der Waals surface area contributed by atoms with Crippen molar-refractivity contribution in [1.82, 2.24) is 10.6 Å². The number of amides is 1. The fourth-order valence-electron chi connectivity index (χ4n) is 1.43. The zero-order valence-corrected chi connectivity index (χ0v) is 10.7. The molecular formula is C11H9N5O5. The number of carbonyl (C=O) groups is 1. The number of carbonyl (C=O) groups excluding carboxylic acids is 1. The standard InChI is InChI=1S/C11H9N5O5/c1-7-10(14-21-16(7)20)11(17)13-12-6-8-3-2-4-9(5-8)15(18)19/h2-6H,1H3,(H,13,17). The van der Waals surface area contributed by atoms with E-state index in [2.05, 4.69) is 20.3 Å². The molecular weight excluding hydrogens is 282 g/mol. The number of hydrogen-bond donors (Lipinski definition) is 1. The Balaban J connectivity index is 2.05. The molecule has 10 nitrogen and oxygen atoms in total. The Bertz CT molecular complexity index is 724. The Labute approximate surface area is 117 Å². The first-order chi connectivity index (χ1) is 9.99. The predicted molar refractivity (Wildman–Crippen MR) is 68.4 cm³/mol. The van der Waals surface area contributed by atoms with Crippen LogP contribution in [-0.4, -0.2) is 22.2 Å². The minimum atomic E-state index is -0.729. The summed E-state index contributed by atoms with van der Waals surface area (Å²) >= 11 is 0. The van der Waals surface area contributed by atoms with Crippen LogP contribution < -0.4 is 10.3 Å². The van der Waals surface area contributed by atoms with Gasteiger partial charge in [-0.1, -0.05) is 12.1 Å². The van der Waals surface area contributed by atoms with Crippen LogP contribution >= 0.6 is 0 Å². The van der Waals surface area contributed by atoms with Crippen LogP contribution in [-0.2, 0) is 0 Å². The molecule has 1 N–H and O–H groups in total. The van der Waals surface area contributed by atoms with Crippen molar-refractivity contribution in [3.63, 3.8) is 0 Å². The third-order valence-corrected chi connectivity index (χ3v) is 2.50. The van der Waals surface area contributed by atoms with E-state index in [9.17, 15) is 20.1 Å². The number of nitrogens with one attached hydrogen (secondary N) is 1. The molecule has 1 heterocycles. The van der Waals surface area contributed by atoms with Crippen molar-refractivity contribution in [3.05, 3.63) is 56.5 Å². The van der Waals surface area contributed by atoms with Crippen molar-refractivity contribution >= 4 is 17.8 Å². The normalized spacial score (nSPS) is 10.7. The van der Waals surface area contributed by atoms with Gasteiger partial charge in [0.05, 0.1) is 16.3 Å². The molecule has 108 valence electrons. The van der Waals surface area contributed by atoms with E-state index in [1.54, 1.807) is 6.07 Å². The first kappa shape index (κ1) is 14.1. The number of nitrogens with zero attached hydrogens (tertiary/aromatic N) is 4. The molecule has 0 aliphatic rings. The Hall–Kier alpha value is -3.30. The van der Waals surface area contributed by atoms with Crippen molar-refractivity contribution in [1.29, 1.82) is 0 Å². The van der Waals surface area contributed by atoms with Crippen molar-refractivity contribution in [2.24, 2.45) is 5.10 Å². The van der Waals surface area contributed by atoms with Gasteiger partial charge in [0.1, 0.15) is 0 Å². The van der Waals surface area contributed by atoms with Crippen LogP contribution in [0.25, 0.3) is 0 Å². The largest absolute Gasteiger partial charge is 0.359 e. The summed E-state index contributed by atoms with van der Waals surface area (Å²) in [4.78, 5) is 21.8. The molecule has 0 fully saturated rings. The van der Waals surface area contributed by atoms with E-state index in [4.69, 9.17) is 0 Å². The maximum Gasteiger partial charge on any atom is 0.322 e. The highest BCUT2D eigenvalue weighted by Crippen LogP contribution is 2.11. The average Bonchev–Trinajstić information content (AvgIpc) is 2.79. The van der Waals surface area contributed by atoms with Crippen LogP contribution in [0.2, 0.25) is 0 Å². The maximum atomic E-state index is 11.6. The van der Waals surface area contributed by atoms with Crippen LogP contribution in [0.5, 0.6) is 0 Å². The number of benzene rings is 1. The second-order valence-corrected chi connectivity index (χ2v) is 3.92. The number of nitro groups is 1. The van der Waals surface area contributed by atoms with Gasteiger partial charge in [-0.15, -0.1) is 0 Å². The number of hydrogen-bond acceptors (Lipinski definition) is 7. The topological polar surface area (TPSA) is 138 Å². The molecule has 1 aromatic heterocycles. The van der Waals surface area contributed by atoms with Gasteiger partial charge in [0.15, 0.2) is 0 Å². The van der Waals surface area contributed by atoms with Gasteiger partial charge < -0.3 is 5.21 Å². The third-order valence-electron chi connectivity index (χ3n) is 2.50. The maximum absolute atomic E-state index is 11.6. The Kier molecular flexibility index (Phi) is 3.88. The minimum Gasteiger partial charge on any atom is -0.359 e. The van der Waals surface area contributed by atoms with Crippen LogP contribution in [0.3, 0.4) is 0 Å². The fraction of sp³-hybridized carbons (Fsp3) is 0.0909. The van der Waals surface area contributed by atoms with Gasteiger partial charge in [-0.3, -0.25) is 19.5 Å². The third kappa shape index (κ3) is 3.18. The zero-order chi connectivity index (χ0) is 15.4. The molecule has 0 bridgehead atoms. The van der Waals surface area contributed by atoms with E-state index in [0.29, 0.717) is 5.56 Å². The first-order valence-electron chi connectivity index (χ1n) is 5.63. The van der Waals surface area contributed by atoms with E-state index in [0.717, 1.165) is 0 Å².